The van der Waals surface area contributed by atoms with Crippen LogP contribution in [0.25, 0.3) is 0 Å². The second-order valence-corrected chi connectivity index (χ2v) is 4.59. The van der Waals surface area contributed by atoms with Crippen LogP contribution >= 0.6 is 0 Å². The Kier molecular flexibility index (Phi) is 3.96. The molecule has 2 rings (SSSR count). The number of hydrogen-bond donors (Lipinski definition) is 4. The zero-order valence-electron chi connectivity index (χ0n) is 10.1. The van der Waals surface area contributed by atoms with Gasteiger partial charge in [0.25, 0.3) is 0 Å². The van der Waals surface area contributed by atoms with Crippen LogP contribution in [-0.4, -0.2) is 28.8 Å². The summed E-state index contributed by atoms with van der Waals surface area (Å²) in [6, 6.07) is 5.64. The largest absolute Gasteiger partial charge is 0.390 e. The third-order valence-corrected chi connectivity index (χ3v) is 3.27. The van der Waals surface area contributed by atoms with Crippen molar-refractivity contribution in [1.82, 2.24) is 5.32 Å². The van der Waals surface area contributed by atoms with Crippen molar-refractivity contribution in [3.05, 3.63) is 34.9 Å². The predicted molar refractivity (Wildman–Crippen MR) is 66.6 cm³/mol. The second kappa shape index (κ2) is 5.48. The summed E-state index contributed by atoms with van der Waals surface area (Å²) in [5.74, 6) is -0.618. The predicted octanol–water partition coefficient (Wildman–Crippen LogP) is -0.398. The minimum Gasteiger partial charge on any atom is -0.390 e. The molecule has 1 amide bonds. The zero-order chi connectivity index (χ0) is 13.1. The van der Waals surface area contributed by atoms with Crippen molar-refractivity contribution >= 4 is 5.91 Å². The van der Waals surface area contributed by atoms with Crippen LogP contribution in [0.2, 0.25) is 0 Å². The van der Waals surface area contributed by atoms with Crippen LogP contribution < -0.4 is 11.1 Å². The molecule has 0 spiro atoms. The van der Waals surface area contributed by atoms with Crippen molar-refractivity contribution in [2.45, 2.75) is 31.6 Å². The number of hydrogen-bond acceptors (Lipinski definition) is 4. The van der Waals surface area contributed by atoms with Crippen LogP contribution in [0, 0.1) is 0 Å². The zero-order valence-corrected chi connectivity index (χ0v) is 10.1. The quantitative estimate of drug-likeness (QED) is 0.585. The monoisotopic (exact) mass is 250 g/mol. The van der Waals surface area contributed by atoms with E-state index in [2.05, 4.69) is 5.32 Å². The van der Waals surface area contributed by atoms with Gasteiger partial charge in [-0.3, -0.25) is 4.79 Å². The fourth-order valence-corrected chi connectivity index (χ4v) is 2.36. The molecule has 0 bridgehead atoms. The van der Waals surface area contributed by atoms with Gasteiger partial charge in [-0.1, -0.05) is 18.2 Å². The summed E-state index contributed by atoms with van der Waals surface area (Å²) >= 11 is 0. The van der Waals surface area contributed by atoms with Crippen LogP contribution in [0.15, 0.2) is 18.2 Å². The van der Waals surface area contributed by atoms with Gasteiger partial charge < -0.3 is 21.3 Å². The minimum absolute atomic E-state index is 0.233. The third kappa shape index (κ3) is 2.69. The van der Waals surface area contributed by atoms with Crippen molar-refractivity contribution in [2.24, 2.45) is 5.73 Å². The molecule has 1 aliphatic rings. The first-order valence-electron chi connectivity index (χ1n) is 6.05. The standard InChI is InChI=1S/C13H18N2O3/c14-12(17)6-11(16)13(18)10-3-1-2-8-7-15-5-4-9(8)10/h1-3,11,13,15-16,18H,4-7H2,(H2,14,17). The van der Waals surface area contributed by atoms with E-state index in [1.165, 1.54) is 0 Å². The highest BCUT2D eigenvalue weighted by Crippen LogP contribution is 2.27. The average Bonchev–Trinajstić information content (AvgIpc) is 2.36. The van der Waals surface area contributed by atoms with Gasteiger partial charge in [0.2, 0.25) is 5.91 Å². The van der Waals surface area contributed by atoms with Crippen LogP contribution in [0.5, 0.6) is 0 Å². The molecule has 1 aliphatic heterocycles. The highest BCUT2D eigenvalue weighted by atomic mass is 16.3. The van der Waals surface area contributed by atoms with Crippen molar-refractivity contribution in [3.8, 4) is 0 Å². The molecule has 2 atom stereocenters. The lowest BCUT2D eigenvalue weighted by Crippen LogP contribution is -2.29. The van der Waals surface area contributed by atoms with E-state index in [1.54, 1.807) is 6.07 Å². The molecule has 5 heteroatoms. The Morgan fingerprint density at radius 2 is 2.22 bits per heavy atom. The maximum atomic E-state index is 10.8. The first-order chi connectivity index (χ1) is 8.59. The van der Waals surface area contributed by atoms with E-state index in [4.69, 9.17) is 5.73 Å². The molecule has 2 unspecified atom stereocenters. The molecule has 0 saturated carbocycles. The van der Waals surface area contributed by atoms with Gasteiger partial charge in [-0.25, -0.2) is 0 Å². The molecule has 1 aromatic rings. The maximum Gasteiger partial charge on any atom is 0.220 e. The molecule has 5 nitrogen and oxygen atoms in total. The van der Waals surface area contributed by atoms with Gasteiger partial charge in [0, 0.05) is 6.54 Å². The molecule has 98 valence electrons. The number of primary amides is 1. The van der Waals surface area contributed by atoms with E-state index < -0.39 is 18.1 Å². The molecule has 18 heavy (non-hydrogen) atoms. The summed E-state index contributed by atoms with van der Waals surface area (Å²) in [6.45, 7) is 1.62. The van der Waals surface area contributed by atoms with E-state index in [9.17, 15) is 15.0 Å². The van der Waals surface area contributed by atoms with Crippen molar-refractivity contribution in [3.63, 3.8) is 0 Å². The van der Waals surface area contributed by atoms with E-state index in [-0.39, 0.29) is 6.42 Å². The van der Waals surface area contributed by atoms with Gasteiger partial charge >= 0.3 is 0 Å². The first-order valence-corrected chi connectivity index (χ1v) is 6.05. The van der Waals surface area contributed by atoms with E-state index in [1.807, 2.05) is 12.1 Å². The average molecular weight is 250 g/mol. The van der Waals surface area contributed by atoms with Gasteiger partial charge in [0.1, 0.15) is 6.10 Å². The number of aliphatic hydroxyl groups is 2. The van der Waals surface area contributed by atoms with Crippen LogP contribution in [0.3, 0.4) is 0 Å². The molecule has 1 heterocycles. The van der Waals surface area contributed by atoms with Gasteiger partial charge in [0.15, 0.2) is 0 Å². The van der Waals surface area contributed by atoms with Crippen molar-refractivity contribution in [2.75, 3.05) is 6.54 Å². The number of nitrogens with one attached hydrogen (secondary N) is 1. The summed E-state index contributed by atoms with van der Waals surface area (Å²) in [4.78, 5) is 10.8. The fourth-order valence-electron chi connectivity index (χ4n) is 2.36. The highest BCUT2D eigenvalue weighted by molar-refractivity contribution is 5.74. The SMILES string of the molecule is NC(=O)CC(O)C(O)c1cccc2c1CCNC2. The Bertz CT molecular complexity index is 448. The number of carbonyl (C=O) groups excluding carboxylic acids is 1. The molecule has 5 N–H and O–H groups in total. The summed E-state index contributed by atoms with van der Waals surface area (Å²) in [5, 5.41) is 23.1. The molecule has 0 fully saturated rings. The number of amides is 1. The van der Waals surface area contributed by atoms with Crippen LogP contribution in [0.1, 0.15) is 29.2 Å². The lowest BCUT2D eigenvalue weighted by molar-refractivity contribution is -0.121. The Labute approximate surface area is 106 Å². The Morgan fingerprint density at radius 3 is 2.94 bits per heavy atom. The van der Waals surface area contributed by atoms with Gasteiger partial charge in [-0.2, -0.15) is 0 Å². The molecule has 1 aromatic carbocycles. The lowest BCUT2D eigenvalue weighted by Gasteiger charge is -2.25. The smallest absolute Gasteiger partial charge is 0.220 e. The molecular formula is C13H18N2O3. The number of rotatable bonds is 4. The number of aliphatic hydroxyl groups excluding tert-OH is 2. The lowest BCUT2D eigenvalue weighted by atomic mass is 9.90. The van der Waals surface area contributed by atoms with Gasteiger partial charge in [0.05, 0.1) is 12.5 Å². The summed E-state index contributed by atoms with van der Waals surface area (Å²) in [7, 11) is 0. The molecule has 0 aromatic heterocycles. The molecule has 0 aliphatic carbocycles. The Balaban J connectivity index is 2.24. The fraction of sp³-hybridized carbons (Fsp3) is 0.462. The Hall–Kier alpha value is -1.43. The maximum absolute atomic E-state index is 10.8. The van der Waals surface area contributed by atoms with E-state index >= 15 is 0 Å². The van der Waals surface area contributed by atoms with Gasteiger partial charge in [-0.15, -0.1) is 0 Å². The number of nitrogens with two attached hydrogens (primary N) is 1. The minimum atomic E-state index is -1.15. The molecular weight excluding hydrogens is 232 g/mol. The Morgan fingerprint density at radius 1 is 1.44 bits per heavy atom. The summed E-state index contributed by atoms with van der Waals surface area (Å²) in [5.41, 5.74) is 7.92. The number of fused-ring (bicyclic) bond motifs is 1. The summed E-state index contributed by atoms with van der Waals surface area (Å²) < 4.78 is 0. The van der Waals surface area contributed by atoms with Crippen LogP contribution in [0.4, 0.5) is 0 Å². The third-order valence-electron chi connectivity index (χ3n) is 3.27. The topological polar surface area (TPSA) is 95.6 Å². The van der Waals surface area contributed by atoms with E-state index in [0.29, 0.717) is 5.56 Å². The summed E-state index contributed by atoms with van der Waals surface area (Å²) in [6.07, 6.45) is -1.64. The van der Waals surface area contributed by atoms with Crippen molar-refractivity contribution < 1.29 is 15.0 Å². The second-order valence-electron chi connectivity index (χ2n) is 4.59. The number of benzene rings is 1. The molecule has 0 radical (unpaired) electrons. The van der Waals surface area contributed by atoms with Crippen LogP contribution in [-0.2, 0) is 17.8 Å². The van der Waals surface area contributed by atoms with Gasteiger partial charge in [-0.05, 0) is 29.7 Å². The first kappa shape index (κ1) is 13.0. The normalized spacial score (nSPS) is 17.9. The highest BCUT2D eigenvalue weighted by Gasteiger charge is 2.24. The van der Waals surface area contributed by atoms with Crippen molar-refractivity contribution in [1.29, 1.82) is 0 Å². The van der Waals surface area contributed by atoms with E-state index in [0.717, 1.165) is 30.6 Å². The number of carbonyl (C=O) groups is 1. The molecule has 0 saturated heterocycles.